The highest BCUT2D eigenvalue weighted by molar-refractivity contribution is 5.18. The molecule has 0 aliphatic carbocycles. The number of ether oxygens (including phenoxy) is 2. The highest BCUT2D eigenvalue weighted by Gasteiger charge is 2.25. The van der Waals surface area contributed by atoms with Crippen LogP contribution in [0.25, 0.3) is 0 Å². The Hall–Kier alpha value is -0.940. The monoisotopic (exact) mass is 251 g/mol. The van der Waals surface area contributed by atoms with Crippen molar-refractivity contribution >= 4 is 0 Å². The van der Waals surface area contributed by atoms with Crippen LogP contribution in [0.1, 0.15) is 18.6 Å². The third-order valence-corrected chi connectivity index (χ3v) is 3.42. The van der Waals surface area contributed by atoms with E-state index in [4.69, 9.17) is 9.47 Å². The lowest BCUT2D eigenvalue weighted by Gasteiger charge is -2.30. The Balaban J connectivity index is 1.91. The minimum absolute atomic E-state index is 0.0141. The average molecular weight is 251 g/mol. The normalized spacial score (nSPS) is 20.2. The van der Waals surface area contributed by atoms with E-state index in [2.05, 4.69) is 4.90 Å². The van der Waals surface area contributed by atoms with Crippen LogP contribution in [0.4, 0.5) is 0 Å². The van der Waals surface area contributed by atoms with Crippen molar-refractivity contribution in [3.8, 4) is 0 Å². The second kappa shape index (κ2) is 6.29. The molecule has 0 saturated carbocycles. The summed E-state index contributed by atoms with van der Waals surface area (Å²) in [5.74, 6) is 0. The molecule has 0 spiro atoms. The Morgan fingerprint density at radius 3 is 2.50 bits per heavy atom. The van der Waals surface area contributed by atoms with Gasteiger partial charge in [-0.25, -0.2) is 0 Å². The van der Waals surface area contributed by atoms with E-state index in [0.717, 1.165) is 5.56 Å². The zero-order valence-corrected chi connectivity index (χ0v) is 11.0. The number of rotatable bonds is 5. The van der Waals surface area contributed by atoms with Crippen LogP contribution in [0.2, 0.25) is 0 Å². The predicted molar refractivity (Wildman–Crippen MR) is 69.2 cm³/mol. The second-order valence-corrected chi connectivity index (χ2v) is 4.71. The van der Waals surface area contributed by atoms with Gasteiger partial charge in [-0.2, -0.15) is 0 Å². The number of hydrogen-bond acceptors (Lipinski definition) is 4. The number of benzene rings is 1. The molecule has 2 atom stereocenters. The van der Waals surface area contributed by atoms with E-state index < -0.39 is 6.10 Å². The molecule has 1 aromatic rings. The number of aliphatic hydroxyl groups is 1. The van der Waals surface area contributed by atoms with Crippen molar-refractivity contribution < 1.29 is 14.6 Å². The van der Waals surface area contributed by atoms with Crippen LogP contribution >= 0.6 is 0 Å². The summed E-state index contributed by atoms with van der Waals surface area (Å²) >= 11 is 0. The summed E-state index contributed by atoms with van der Waals surface area (Å²) in [6.45, 7) is 4.00. The van der Waals surface area contributed by atoms with Gasteiger partial charge in [-0.1, -0.05) is 30.3 Å². The molecule has 0 bridgehead atoms. The largest absolute Gasteiger partial charge is 0.387 e. The van der Waals surface area contributed by atoms with E-state index in [1.165, 1.54) is 0 Å². The maximum Gasteiger partial charge on any atom is 0.170 e. The lowest BCUT2D eigenvalue weighted by molar-refractivity contribution is -0.0712. The second-order valence-electron chi connectivity index (χ2n) is 4.71. The standard InChI is InChI=1S/C14H21NO3/c1-11(14(16)12-6-4-3-5-7-12)15(2)10-13-17-8-9-18-13/h3-7,11,13-14,16H,8-10H2,1-2H3/t11-,14-/m0/s1. The van der Waals surface area contributed by atoms with Crippen LogP contribution in [-0.4, -0.2) is 49.1 Å². The van der Waals surface area contributed by atoms with E-state index in [1.807, 2.05) is 44.3 Å². The third kappa shape index (κ3) is 3.29. The fourth-order valence-corrected chi connectivity index (χ4v) is 2.08. The molecule has 0 unspecified atom stereocenters. The van der Waals surface area contributed by atoms with E-state index in [9.17, 15) is 5.11 Å². The minimum Gasteiger partial charge on any atom is -0.387 e. The summed E-state index contributed by atoms with van der Waals surface area (Å²) in [6, 6.07) is 9.73. The van der Waals surface area contributed by atoms with E-state index in [1.54, 1.807) is 0 Å². The van der Waals surface area contributed by atoms with Crippen molar-refractivity contribution in [3.63, 3.8) is 0 Å². The van der Waals surface area contributed by atoms with Gasteiger partial charge in [0, 0.05) is 12.6 Å². The molecule has 2 rings (SSSR count). The lowest BCUT2D eigenvalue weighted by Crippen LogP contribution is -2.39. The van der Waals surface area contributed by atoms with Crippen LogP contribution in [0, 0.1) is 0 Å². The smallest absolute Gasteiger partial charge is 0.170 e. The highest BCUT2D eigenvalue weighted by Crippen LogP contribution is 2.20. The Bertz CT molecular complexity index is 351. The molecule has 1 aliphatic heterocycles. The van der Waals surface area contributed by atoms with Crippen LogP contribution in [0.3, 0.4) is 0 Å². The Kier molecular flexibility index (Phi) is 4.72. The highest BCUT2D eigenvalue weighted by atomic mass is 16.7. The third-order valence-electron chi connectivity index (χ3n) is 3.42. The zero-order chi connectivity index (χ0) is 13.0. The van der Waals surface area contributed by atoms with Gasteiger partial charge in [0.05, 0.1) is 19.3 Å². The first-order valence-corrected chi connectivity index (χ1v) is 6.35. The summed E-state index contributed by atoms with van der Waals surface area (Å²) in [4.78, 5) is 2.06. The molecule has 1 aliphatic rings. The van der Waals surface area contributed by atoms with Crippen LogP contribution < -0.4 is 0 Å². The van der Waals surface area contributed by atoms with Crippen LogP contribution in [0.15, 0.2) is 30.3 Å². The van der Waals surface area contributed by atoms with Gasteiger partial charge in [-0.15, -0.1) is 0 Å². The van der Waals surface area contributed by atoms with Gasteiger partial charge in [0.15, 0.2) is 6.29 Å². The quantitative estimate of drug-likeness (QED) is 0.859. The molecule has 4 heteroatoms. The Labute approximate surface area is 108 Å². The van der Waals surface area contributed by atoms with E-state index >= 15 is 0 Å². The summed E-state index contributed by atoms with van der Waals surface area (Å²) in [5, 5.41) is 10.3. The van der Waals surface area contributed by atoms with Gasteiger partial charge in [0.25, 0.3) is 0 Å². The molecular weight excluding hydrogens is 230 g/mol. The number of hydrogen-bond donors (Lipinski definition) is 1. The van der Waals surface area contributed by atoms with Crippen molar-refractivity contribution in [2.24, 2.45) is 0 Å². The summed E-state index contributed by atoms with van der Waals surface area (Å²) in [5.41, 5.74) is 0.935. The van der Waals surface area contributed by atoms with Crippen molar-refractivity contribution in [3.05, 3.63) is 35.9 Å². The van der Waals surface area contributed by atoms with Crippen molar-refractivity contribution in [2.45, 2.75) is 25.4 Å². The molecule has 18 heavy (non-hydrogen) atoms. The molecule has 100 valence electrons. The first-order valence-electron chi connectivity index (χ1n) is 6.35. The molecule has 1 N–H and O–H groups in total. The molecule has 4 nitrogen and oxygen atoms in total. The van der Waals surface area contributed by atoms with Gasteiger partial charge >= 0.3 is 0 Å². The minimum atomic E-state index is -0.502. The molecule has 1 heterocycles. The average Bonchev–Trinajstić information content (AvgIpc) is 2.91. The fraction of sp³-hybridized carbons (Fsp3) is 0.571. The van der Waals surface area contributed by atoms with E-state index in [0.29, 0.717) is 19.8 Å². The van der Waals surface area contributed by atoms with Crippen LogP contribution in [-0.2, 0) is 9.47 Å². The number of aliphatic hydroxyl groups excluding tert-OH is 1. The van der Waals surface area contributed by atoms with Gasteiger partial charge in [0.1, 0.15) is 0 Å². The lowest BCUT2D eigenvalue weighted by atomic mass is 10.0. The maximum absolute atomic E-state index is 10.3. The Morgan fingerprint density at radius 2 is 1.89 bits per heavy atom. The SMILES string of the molecule is C[C@@H]([C@H](O)c1ccccc1)N(C)CC1OCCO1. The van der Waals surface area contributed by atoms with Crippen molar-refractivity contribution in [2.75, 3.05) is 26.8 Å². The molecule has 0 aromatic heterocycles. The van der Waals surface area contributed by atoms with Gasteiger partial charge in [-0.3, -0.25) is 4.90 Å². The van der Waals surface area contributed by atoms with Crippen molar-refractivity contribution in [1.82, 2.24) is 4.90 Å². The molecule has 1 fully saturated rings. The molecule has 1 saturated heterocycles. The molecule has 1 aromatic carbocycles. The fourth-order valence-electron chi connectivity index (χ4n) is 2.08. The van der Waals surface area contributed by atoms with Crippen LogP contribution in [0.5, 0.6) is 0 Å². The predicted octanol–water partition coefficient (Wildman–Crippen LogP) is 1.41. The summed E-state index contributed by atoms with van der Waals surface area (Å²) in [6.07, 6.45) is -0.668. The van der Waals surface area contributed by atoms with Gasteiger partial charge in [-0.05, 0) is 19.5 Å². The first-order chi connectivity index (χ1) is 8.68. The van der Waals surface area contributed by atoms with Gasteiger partial charge in [0.2, 0.25) is 0 Å². The molecule has 0 radical (unpaired) electrons. The first kappa shape index (κ1) is 13.5. The molecular formula is C14H21NO3. The molecule has 0 amide bonds. The summed E-state index contributed by atoms with van der Waals surface area (Å²) in [7, 11) is 1.97. The topological polar surface area (TPSA) is 41.9 Å². The van der Waals surface area contributed by atoms with Crippen molar-refractivity contribution in [1.29, 1.82) is 0 Å². The zero-order valence-electron chi connectivity index (χ0n) is 11.0. The van der Waals surface area contributed by atoms with E-state index in [-0.39, 0.29) is 12.3 Å². The van der Waals surface area contributed by atoms with Gasteiger partial charge < -0.3 is 14.6 Å². The number of nitrogens with zero attached hydrogens (tertiary/aromatic N) is 1. The summed E-state index contributed by atoms with van der Waals surface area (Å²) < 4.78 is 10.8. The number of likely N-dealkylation sites (N-methyl/N-ethyl adjacent to an activating group) is 1. The Morgan fingerprint density at radius 1 is 1.28 bits per heavy atom. The maximum atomic E-state index is 10.3.